The molecule has 0 bridgehead atoms. The van der Waals surface area contributed by atoms with Crippen LogP contribution in [0.15, 0.2) is 47.4 Å². The fraction of sp³-hybridized carbons (Fsp3) is 0.610. The van der Waals surface area contributed by atoms with Crippen molar-refractivity contribution in [3.05, 3.63) is 53.6 Å². The smallest absolute Gasteiger partial charge is 0.228 e. The number of fused-ring (bicyclic) bond motifs is 2. The van der Waals surface area contributed by atoms with Crippen molar-refractivity contribution in [2.24, 2.45) is 5.73 Å². The van der Waals surface area contributed by atoms with Gasteiger partial charge >= 0.3 is 0 Å². The molecule has 2 aromatic carbocycles. The molecule has 5 rings (SSSR count). The average Bonchev–Trinajstić information content (AvgIpc) is 3.37. The minimum Gasteiger partial charge on any atom is -0.611 e. The lowest BCUT2D eigenvalue weighted by Gasteiger charge is -2.47. The molecule has 3 aromatic rings. The number of nitrogens with zero attached hydrogens (tertiary/aromatic N) is 4. The van der Waals surface area contributed by atoms with Crippen LogP contribution in [0.25, 0.3) is 10.9 Å². The molecule has 3 heterocycles. The van der Waals surface area contributed by atoms with Crippen molar-refractivity contribution in [3.8, 4) is 12.3 Å². The Kier molecular flexibility index (Phi) is 20.0. The van der Waals surface area contributed by atoms with Crippen molar-refractivity contribution >= 4 is 33.8 Å². The average molecular weight is 813 g/mol. The minimum absolute atomic E-state index is 0.303. The van der Waals surface area contributed by atoms with E-state index in [-0.39, 0.29) is 5.54 Å². The molecule has 2 aliphatic rings. The Bertz CT molecular complexity index is 1650. The first-order chi connectivity index (χ1) is 27.9. The van der Waals surface area contributed by atoms with Gasteiger partial charge in [0, 0.05) is 37.1 Å². The van der Waals surface area contributed by atoms with E-state index < -0.39 is 11.2 Å². The van der Waals surface area contributed by atoms with Crippen molar-refractivity contribution in [3.63, 3.8) is 0 Å². The molecule has 1 unspecified atom stereocenters. The molecule has 3 N–H and O–H groups in total. The maximum Gasteiger partial charge on any atom is 0.228 e. The third-order valence-electron chi connectivity index (χ3n) is 9.27. The van der Waals surface area contributed by atoms with Crippen molar-refractivity contribution in [2.45, 2.75) is 23.9 Å². The molecule has 0 amide bonds. The van der Waals surface area contributed by atoms with Gasteiger partial charge < -0.3 is 58.4 Å². The summed E-state index contributed by atoms with van der Waals surface area (Å²) in [5, 5.41) is 4.53. The van der Waals surface area contributed by atoms with Gasteiger partial charge in [-0.15, -0.1) is 6.42 Å². The van der Waals surface area contributed by atoms with Gasteiger partial charge in [-0.1, -0.05) is 35.7 Å². The molecule has 0 radical (unpaired) electrons. The van der Waals surface area contributed by atoms with Crippen LogP contribution in [-0.4, -0.2) is 169 Å². The molecule has 1 atom stereocenters. The largest absolute Gasteiger partial charge is 0.611 e. The van der Waals surface area contributed by atoms with Gasteiger partial charge in [-0.05, 0) is 36.3 Å². The normalized spacial score (nSPS) is 16.6. The van der Waals surface area contributed by atoms with Crippen LogP contribution in [0.2, 0.25) is 0 Å². The Morgan fingerprint density at radius 3 is 1.95 bits per heavy atom. The summed E-state index contributed by atoms with van der Waals surface area (Å²) in [4.78, 5) is 15.2. The summed E-state index contributed by atoms with van der Waals surface area (Å²) < 4.78 is 56.8. The highest BCUT2D eigenvalue weighted by molar-refractivity contribution is 7.91. The molecule has 314 valence electrons. The molecule has 0 spiro atoms. The van der Waals surface area contributed by atoms with Crippen molar-refractivity contribution in [1.82, 2.24) is 14.9 Å². The van der Waals surface area contributed by atoms with E-state index in [0.29, 0.717) is 137 Å². The van der Waals surface area contributed by atoms with Crippen molar-refractivity contribution < 1.29 is 42.4 Å². The lowest BCUT2D eigenvalue weighted by molar-refractivity contribution is -0.0241. The molecule has 1 saturated heterocycles. The van der Waals surface area contributed by atoms with E-state index >= 15 is 0 Å². The van der Waals surface area contributed by atoms with E-state index in [1.165, 1.54) is 0 Å². The van der Waals surface area contributed by atoms with E-state index in [1.807, 2.05) is 30.3 Å². The topological polar surface area (TPSA) is 167 Å². The Hall–Kier alpha value is -3.15. The predicted molar refractivity (Wildman–Crippen MR) is 220 cm³/mol. The van der Waals surface area contributed by atoms with Gasteiger partial charge in [0.25, 0.3) is 0 Å². The van der Waals surface area contributed by atoms with Crippen LogP contribution >= 0.6 is 0 Å². The van der Waals surface area contributed by atoms with Gasteiger partial charge in [0.1, 0.15) is 18.2 Å². The Morgan fingerprint density at radius 1 is 0.789 bits per heavy atom. The van der Waals surface area contributed by atoms with Crippen LogP contribution in [0.5, 0.6) is 0 Å². The lowest BCUT2D eigenvalue weighted by atomic mass is 9.91. The lowest BCUT2D eigenvalue weighted by Crippen LogP contribution is -2.70. The number of likely N-dealkylation sites (tertiary alicyclic amines) is 1. The monoisotopic (exact) mass is 812 g/mol. The number of hydrogen-bond donors (Lipinski definition) is 2. The Balaban J connectivity index is 0.854. The quantitative estimate of drug-likeness (QED) is 0.0595. The molecule has 0 saturated carbocycles. The molecule has 57 heavy (non-hydrogen) atoms. The van der Waals surface area contributed by atoms with Gasteiger partial charge in [-0.3, -0.25) is 4.90 Å². The minimum atomic E-state index is -1.05. The second-order valence-electron chi connectivity index (χ2n) is 13.9. The number of anilines is 2. The standard InChI is InChI=1S/C41H60N6O9S/c1-3-12-49-14-16-51-18-20-53-22-24-55-26-27-56-25-23-54-21-19-52-17-15-50-13-10-46-32-41(42,33-46)31-43-39-36-29-34(2)8-9-37(36)44-40(45-39)47-11-28-57(48)38-7-5-4-6-35(38)30-47/h1,4-9,29H,10-28,30-33,42H2,2H3,(H,43,44,45). The number of hydrogen-bond acceptors (Lipinski definition) is 15. The number of nitrogens with one attached hydrogen (secondary N) is 1. The van der Waals surface area contributed by atoms with Crippen LogP contribution in [0, 0.1) is 19.3 Å². The van der Waals surface area contributed by atoms with Crippen LogP contribution in [0.4, 0.5) is 11.8 Å². The zero-order chi connectivity index (χ0) is 40.0. The first-order valence-electron chi connectivity index (χ1n) is 19.7. The summed E-state index contributed by atoms with van der Waals surface area (Å²) in [5.41, 5.74) is 9.45. The van der Waals surface area contributed by atoms with Crippen LogP contribution in [0.1, 0.15) is 11.1 Å². The summed E-state index contributed by atoms with van der Waals surface area (Å²) in [6.07, 6.45) is 5.10. The zero-order valence-corrected chi connectivity index (χ0v) is 34.1. The number of nitrogens with two attached hydrogens (primary N) is 1. The molecule has 0 aliphatic carbocycles. The third-order valence-corrected chi connectivity index (χ3v) is 10.7. The Morgan fingerprint density at radius 2 is 1.35 bits per heavy atom. The molecule has 16 heteroatoms. The van der Waals surface area contributed by atoms with Gasteiger partial charge in [0.15, 0.2) is 4.90 Å². The van der Waals surface area contributed by atoms with Gasteiger partial charge in [0.2, 0.25) is 5.95 Å². The number of benzene rings is 2. The van der Waals surface area contributed by atoms with Crippen LogP contribution < -0.4 is 16.0 Å². The number of rotatable bonds is 29. The summed E-state index contributed by atoms with van der Waals surface area (Å²) in [6, 6.07) is 14.1. The molecular formula is C41H60N6O9S. The summed E-state index contributed by atoms with van der Waals surface area (Å²) in [5.74, 6) is 4.32. The first-order valence-corrected chi connectivity index (χ1v) is 21.1. The summed E-state index contributed by atoms with van der Waals surface area (Å²) in [6.45, 7) is 14.1. The van der Waals surface area contributed by atoms with Crippen molar-refractivity contribution in [2.75, 3.05) is 154 Å². The molecule has 1 aromatic heterocycles. The number of terminal acetylenes is 1. The highest BCUT2D eigenvalue weighted by Gasteiger charge is 2.39. The Labute approximate surface area is 340 Å². The molecule has 2 aliphatic heterocycles. The summed E-state index contributed by atoms with van der Waals surface area (Å²) in [7, 11) is 0. The van der Waals surface area contributed by atoms with E-state index in [9.17, 15) is 4.55 Å². The number of ether oxygens (including phenoxy) is 8. The predicted octanol–water partition coefficient (Wildman–Crippen LogP) is 2.26. The SMILES string of the molecule is C#CCOCCOCCOCCOCCOCCOCCOCCOCCN1CC(N)(CNc2nc(N3CC[S+]([O-])c4ccccc4C3)nc3ccc(C)cc23)C1. The molecule has 15 nitrogen and oxygen atoms in total. The van der Waals surface area contributed by atoms with Gasteiger partial charge in [-0.2, -0.15) is 4.98 Å². The van der Waals surface area contributed by atoms with E-state index in [4.69, 9.17) is 60.0 Å². The summed E-state index contributed by atoms with van der Waals surface area (Å²) >= 11 is -1.05. The van der Waals surface area contributed by atoms with E-state index in [2.05, 4.69) is 40.1 Å². The second-order valence-corrected chi connectivity index (χ2v) is 15.5. The zero-order valence-electron chi connectivity index (χ0n) is 33.3. The maximum absolute atomic E-state index is 12.9. The molecule has 1 fully saturated rings. The fourth-order valence-electron chi connectivity index (χ4n) is 6.36. The third kappa shape index (κ3) is 15.9. The van der Waals surface area contributed by atoms with Gasteiger partial charge in [0.05, 0.1) is 123 Å². The van der Waals surface area contributed by atoms with E-state index in [1.54, 1.807) is 0 Å². The fourth-order valence-corrected chi connectivity index (χ4v) is 7.62. The number of aryl methyl sites for hydroxylation is 1. The highest BCUT2D eigenvalue weighted by atomic mass is 32.2. The van der Waals surface area contributed by atoms with Crippen molar-refractivity contribution in [1.29, 1.82) is 0 Å². The highest BCUT2D eigenvalue weighted by Crippen LogP contribution is 2.29. The maximum atomic E-state index is 12.9. The van der Waals surface area contributed by atoms with Gasteiger partial charge in [-0.25, -0.2) is 4.98 Å². The van der Waals surface area contributed by atoms with Crippen LogP contribution in [0.3, 0.4) is 0 Å². The first kappa shape index (κ1) is 44.9. The number of aromatic nitrogens is 2. The molecular weight excluding hydrogens is 753 g/mol. The van der Waals surface area contributed by atoms with Crippen LogP contribution in [-0.2, 0) is 55.6 Å². The van der Waals surface area contributed by atoms with E-state index in [0.717, 1.165) is 52.4 Å². The second kappa shape index (κ2) is 25.4.